The molecule has 2 unspecified atom stereocenters. The molecule has 1 heterocycles. The molecule has 1 aromatic carbocycles. The summed E-state index contributed by atoms with van der Waals surface area (Å²) in [6.45, 7) is 2.90. The SMILES string of the molecule is CCN(c1ccc(C#N)c(Cl)c1)C1CCCC(O)(c2cnc[nH]2)C1.O=C(O)C(F)(F)F. The van der Waals surface area contributed by atoms with E-state index in [9.17, 15) is 18.3 Å². The number of aromatic amines is 1. The smallest absolute Gasteiger partial charge is 0.475 e. The van der Waals surface area contributed by atoms with Gasteiger partial charge in [0.05, 0.1) is 28.8 Å². The van der Waals surface area contributed by atoms with Crippen molar-refractivity contribution in [1.29, 1.82) is 5.26 Å². The summed E-state index contributed by atoms with van der Waals surface area (Å²) >= 11 is 6.19. The monoisotopic (exact) mass is 458 g/mol. The first-order valence-corrected chi connectivity index (χ1v) is 9.87. The third kappa shape index (κ3) is 6.12. The van der Waals surface area contributed by atoms with E-state index < -0.39 is 17.7 Å². The number of H-pyrrole nitrogens is 1. The third-order valence-electron chi connectivity index (χ3n) is 5.13. The van der Waals surface area contributed by atoms with Crippen LogP contribution in [0.25, 0.3) is 0 Å². The number of nitrogens with zero attached hydrogens (tertiary/aromatic N) is 3. The van der Waals surface area contributed by atoms with Crippen LogP contribution in [0, 0.1) is 11.3 Å². The zero-order valence-corrected chi connectivity index (χ0v) is 17.4. The maximum absolute atomic E-state index is 11.1. The fraction of sp³-hybridized carbons (Fsp3) is 0.450. The summed E-state index contributed by atoms with van der Waals surface area (Å²) in [6.07, 6.45) is 1.56. The molecule has 7 nitrogen and oxygen atoms in total. The summed E-state index contributed by atoms with van der Waals surface area (Å²) in [5.74, 6) is -2.76. The number of carboxylic acid groups (broad SMARTS) is 1. The van der Waals surface area contributed by atoms with Crippen molar-refractivity contribution in [2.75, 3.05) is 11.4 Å². The molecule has 0 spiro atoms. The Labute approximate surface area is 182 Å². The Kier molecular flexibility index (Phi) is 7.92. The van der Waals surface area contributed by atoms with E-state index in [-0.39, 0.29) is 6.04 Å². The summed E-state index contributed by atoms with van der Waals surface area (Å²) in [7, 11) is 0. The summed E-state index contributed by atoms with van der Waals surface area (Å²) in [6, 6.07) is 7.82. The van der Waals surface area contributed by atoms with E-state index in [1.54, 1.807) is 18.6 Å². The van der Waals surface area contributed by atoms with Gasteiger partial charge in [-0.05, 0) is 44.4 Å². The van der Waals surface area contributed by atoms with Crippen molar-refractivity contribution < 1.29 is 28.2 Å². The van der Waals surface area contributed by atoms with Gasteiger partial charge in [0.15, 0.2) is 0 Å². The Hall–Kier alpha value is -2.77. The molecule has 1 aliphatic rings. The van der Waals surface area contributed by atoms with E-state index in [4.69, 9.17) is 26.8 Å². The number of rotatable bonds is 4. The molecule has 0 aliphatic heterocycles. The number of aromatic nitrogens is 2. The molecule has 3 N–H and O–H groups in total. The Morgan fingerprint density at radius 3 is 2.65 bits per heavy atom. The van der Waals surface area contributed by atoms with E-state index >= 15 is 0 Å². The van der Waals surface area contributed by atoms with Crippen LogP contribution in [0.4, 0.5) is 18.9 Å². The molecule has 1 fully saturated rings. The lowest BCUT2D eigenvalue weighted by Crippen LogP contribution is -2.45. The number of hydrogen-bond acceptors (Lipinski definition) is 5. The van der Waals surface area contributed by atoms with Crippen LogP contribution in [0.15, 0.2) is 30.7 Å². The summed E-state index contributed by atoms with van der Waals surface area (Å²) in [5.41, 5.74) is 1.37. The van der Waals surface area contributed by atoms with Crippen LogP contribution in [-0.2, 0) is 10.4 Å². The second-order valence-corrected chi connectivity index (χ2v) is 7.52. The number of aliphatic carboxylic acids is 1. The number of hydrogen-bond donors (Lipinski definition) is 3. The number of benzene rings is 1. The van der Waals surface area contributed by atoms with Gasteiger partial charge in [-0.3, -0.25) is 0 Å². The first-order chi connectivity index (χ1) is 14.5. The number of halogens is 4. The van der Waals surface area contributed by atoms with Crippen molar-refractivity contribution in [3.05, 3.63) is 47.0 Å². The fourth-order valence-electron chi connectivity index (χ4n) is 3.67. The van der Waals surface area contributed by atoms with E-state index in [2.05, 4.69) is 27.9 Å². The molecule has 2 aromatic rings. The second-order valence-electron chi connectivity index (χ2n) is 7.11. The second kappa shape index (κ2) is 10.0. The number of carbonyl (C=O) groups is 1. The largest absolute Gasteiger partial charge is 0.490 e. The average molecular weight is 459 g/mol. The first kappa shape index (κ1) is 24.5. The van der Waals surface area contributed by atoms with Gasteiger partial charge in [0.2, 0.25) is 0 Å². The van der Waals surface area contributed by atoms with E-state index in [0.717, 1.165) is 37.2 Å². The van der Waals surface area contributed by atoms with Gasteiger partial charge in [0, 0.05) is 24.7 Å². The van der Waals surface area contributed by atoms with Crippen LogP contribution in [0.3, 0.4) is 0 Å². The molecule has 3 rings (SSSR count). The van der Waals surface area contributed by atoms with Gasteiger partial charge in [-0.1, -0.05) is 11.6 Å². The molecule has 2 atom stereocenters. The van der Waals surface area contributed by atoms with Crippen LogP contribution >= 0.6 is 11.6 Å². The van der Waals surface area contributed by atoms with Gasteiger partial charge in [-0.2, -0.15) is 18.4 Å². The molecule has 1 aliphatic carbocycles. The Bertz CT molecular complexity index is 931. The zero-order chi connectivity index (χ0) is 23.2. The topological polar surface area (TPSA) is 113 Å². The maximum Gasteiger partial charge on any atom is 0.490 e. The highest BCUT2D eigenvalue weighted by atomic mass is 35.5. The predicted molar refractivity (Wildman–Crippen MR) is 108 cm³/mol. The molecule has 168 valence electrons. The molecule has 11 heteroatoms. The van der Waals surface area contributed by atoms with Crippen molar-refractivity contribution in [3.8, 4) is 6.07 Å². The molecule has 1 saturated carbocycles. The minimum absolute atomic E-state index is 0.209. The van der Waals surface area contributed by atoms with Crippen molar-refractivity contribution in [2.24, 2.45) is 0 Å². The van der Waals surface area contributed by atoms with E-state index in [1.165, 1.54) is 0 Å². The molecule has 0 saturated heterocycles. The van der Waals surface area contributed by atoms with Crippen molar-refractivity contribution in [3.63, 3.8) is 0 Å². The molecule has 0 radical (unpaired) electrons. The Balaban J connectivity index is 0.000000423. The molecular weight excluding hydrogens is 437 g/mol. The number of anilines is 1. The lowest BCUT2D eigenvalue weighted by molar-refractivity contribution is -0.192. The number of alkyl halides is 3. The minimum Gasteiger partial charge on any atom is -0.475 e. The van der Waals surface area contributed by atoms with Gasteiger partial charge in [-0.25, -0.2) is 9.78 Å². The molecule has 0 bridgehead atoms. The Morgan fingerprint density at radius 2 is 2.16 bits per heavy atom. The van der Waals surface area contributed by atoms with Crippen molar-refractivity contribution in [2.45, 2.75) is 50.4 Å². The van der Waals surface area contributed by atoms with E-state index in [0.29, 0.717) is 17.0 Å². The lowest BCUT2D eigenvalue weighted by atomic mass is 9.79. The fourth-order valence-corrected chi connectivity index (χ4v) is 3.89. The van der Waals surface area contributed by atoms with Crippen LogP contribution in [0.5, 0.6) is 0 Å². The summed E-state index contributed by atoms with van der Waals surface area (Å²) in [5, 5.41) is 27.7. The van der Waals surface area contributed by atoms with Gasteiger partial charge >= 0.3 is 12.1 Å². The van der Waals surface area contributed by atoms with E-state index in [1.807, 2.05) is 12.1 Å². The number of aliphatic hydroxyl groups is 1. The van der Waals surface area contributed by atoms with Crippen LogP contribution in [0.1, 0.15) is 43.9 Å². The van der Waals surface area contributed by atoms with Gasteiger partial charge in [-0.15, -0.1) is 0 Å². The van der Waals surface area contributed by atoms with Gasteiger partial charge in [0.25, 0.3) is 0 Å². The minimum atomic E-state index is -5.08. The summed E-state index contributed by atoms with van der Waals surface area (Å²) < 4.78 is 31.7. The van der Waals surface area contributed by atoms with Gasteiger partial charge < -0.3 is 20.1 Å². The standard InChI is InChI=1S/C18H21ClN4O.C2HF3O2/c1-2-23(14-6-5-13(10-20)16(19)8-14)15-4-3-7-18(24,9-15)17-11-21-12-22-17;3-2(4,5)1(6)7/h5-6,8,11-12,15,24H,2-4,7,9H2,1H3,(H,21,22);(H,6,7). The maximum atomic E-state index is 11.1. The normalized spacial score (nSPS) is 20.9. The molecule has 0 amide bonds. The third-order valence-corrected chi connectivity index (χ3v) is 5.44. The number of nitrogens with one attached hydrogen (secondary N) is 1. The highest BCUT2D eigenvalue weighted by molar-refractivity contribution is 6.32. The van der Waals surface area contributed by atoms with Crippen LogP contribution < -0.4 is 4.90 Å². The lowest BCUT2D eigenvalue weighted by Gasteiger charge is -2.42. The average Bonchev–Trinajstić information content (AvgIpc) is 3.24. The van der Waals surface area contributed by atoms with Crippen LogP contribution in [-0.4, -0.2) is 44.9 Å². The van der Waals surface area contributed by atoms with Gasteiger partial charge in [0.1, 0.15) is 11.7 Å². The molecule has 31 heavy (non-hydrogen) atoms. The molecule has 1 aromatic heterocycles. The number of nitriles is 1. The molecular formula is C20H22ClF3N4O3. The summed E-state index contributed by atoms with van der Waals surface area (Å²) in [4.78, 5) is 18.2. The van der Waals surface area contributed by atoms with Crippen LogP contribution in [0.2, 0.25) is 5.02 Å². The number of carboxylic acids is 1. The van der Waals surface area contributed by atoms with Crippen molar-refractivity contribution >= 4 is 23.3 Å². The highest BCUT2D eigenvalue weighted by Gasteiger charge is 2.39. The first-order valence-electron chi connectivity index (χ1n) is 9.49. The zero-order valence-electron chi connectivity index (χ0n) is 16.7. The Morgan fingerprint density at radius 1 is 1.48 bits per heavy atom. The quantitative estimate of drug-likeness (QED) is 0.632. The predicted octanol–water partition coefficient (Wildman–Crippen LogP) is 4.22. The number of imidazole rings is 1. The van der Waals surface area contributed by atoms with Crippen molar-refractivity contribution in [1.82, 2.24) is 9.97 Å². The highest BCUT2D eigenvalue weighted by Crippen LogP contribution is 2.39.